The molecule has 0 amide bonds. The lowest BCUT2D eigenvalue weighted by Gasteiger charge is -2.36. The summed E-state index contributed by atoms with van der Waals surface area (Å²) in [4.78, 5) is 8.94. The van der Waals surface area contributed by atoms with Crippen molar-refractivity contribution in [2.45, 2.75) is 19.4 Å². The summed E-state index contributed by atoms with van der Waals surface area (Å²) < 4.78 is 11.0. The SMILES string of the molecule is CC(O)N1CCN(c2cccc(C3OCCO3)n2)CC1. The van der Waals surface area contributed by atoms with E-state index in [1.807, 2.05) is 25.1 Å². The Morgan fingerprint density at radius 2 is 1.90 bits per heavy atom. The van der Waals surface area contributed by atoms with Crippen LogP contribution in [0.2, 0.25) is 0 Å². The van der Waals surface area contributed by atoms with Crippen molar-refractivity contribution in [2.75, 3.05) is 44.3 Å². The molecule has 1 N–H and O–H groups in total. The Labute approximate surface area is 118 Å². The van der Waals surface area contributed by atoms with E-state index in [0.717, 1.165) is 37.7 Å². The van der Waals surface area contributed by atoms with Gasteiger partial charge in [0.2, 0.25) is 6.29 Å². The van der Waals surface area contributed by atoms with Crippen LogP contribution in [0.25, 0.3) is 0 Å². The molecule has 0 saturated carbocycles. The second-order valence-electron chi connectivity index (χ2n) is 5.15. The molecule has 1 atom stereocenters. The van der Waals surface area contributed by atoms with Gasteiger partial charge in [-0.2, -0.15) is 0 Å². The fourth-order valence-corrected chi connectivity index (χ4v) is 2.60. The molecule has 0 radical (unpaired) electrons. The maximum absolute atomic E-state index is 9.58. The predicted octanol–water partition coefficient (Wildman–Crippen LogP) is 0.587. The minimum Gasteiger partial charge on any atom is -0.379 e. The molecule has 0 aliphatic carbocycles. The highest BCUT2D eigenvalue weighted by Crippen LogP contribution is 2.24. The van der Waals surface area contributed by atoms with E-state index in [-0.39, 0.29) is 12.5 Å². The number of anilines is 1. The molecule has 2 fully saturated rings. The zero-order valence-electron chi connectivity index (χ0n) is 11.7. The summed E-state index contributed by atoms with van der Waals surface area (Å²) >= 11 is 0. The highest BCUT2D eigenvalue weighted by molar-refractivity contribution is 5.40. The van der Waals surface area contributed by atoms with Gasteiger partial charge in [0.1, 0.15) is 12.0 Å². The Morgan fingerprint density at radius 3 is 2.55 bits per heavy atom. The van der Waals surface area contributed by atoms with E-state index < -0.39 is 0 Å². The number of piperazine rings is 1. The van der Waals surface area contributed by atoms with Crippen LogP contribution < -0.4 is 4.90 Å². The van der Waals surface area contributed by atoms with Gasteiger partial charge in [-0.3, -0.25) is 4.90 Å². The Balaban J connectivity index is 1.67. The third-order valence-corrected chi connectivity index (χ3v) is 3.79. The molecule has 3 rings (SSSR count). The van der Waals surface area contributed by atoms with Gasteiger partial charge < -0.3 is 19.5 Å². The monoisotopic (exact) mass is 279 g/mol. The first-order valence-corrected chi connectivity index (χ1v) is 7.11. The Kier molecular flexibility index (Phi) is 4.16. The smallest absolute Gasteiger partial charge is 0.201 e. The van der Waals surface area contributed by atoms with Gasteiger partial charge in [0.15, 0.2) is 0 Å². The van der Waals surface area contributed by atoms with Gasteiger partial charge in [0.25, 0.3) is 0 Å². The molecule has 1 unspecified atom stereocenters. The molecule has 3 heterocycles. The van der Waals surface area contributed by atoms with Crippen LogP contribution in [0.5, 0.6) is 0 Å². The summed E-state index contributed by atoms with van der Waals surface area (Å²) in [6.45, 7) is 6.50. The highest BCUT2D eigenvalue weighted by Gasteiger charge is 2.23. The molecule has 2 aliphatic rings. The van der Waals surface area contributed by atoms with Crippen LogP contribution in [0.1, 0.15) is 18.9 Å². The number of ether oxygens (including phenoxy) is 2. The largest absolute Gasteiger partial charge is 0.379 e. The third-order valence-electron chi connectivity index (χ3n) is 3.79. The first-order valence-electron chi connectivity index (χ1n) is 7.11. The number of hydrogen-bond acceptors (Lipinski definition) is 6. The van der Waals surface area contributed by atoms with Crippen molar-refractivity contribution < 1.29 is 14.6 Å². The van der Waals surface area contributed by atoms with Crippen molar-refractivity contribution in [1.29, 1.82) is 0 Å². The van der Waals surface area contributed by atoms with Crippen molar-refractivity contribution in [3.63, 3.8) is 0 Å². The highest BCUT2D eigenvalue weighted by atomic mass is 16.7. The number of aliphatic hydroxyl groups excluding tert-OH is 1. The van der Waals surface area contributed by atoms with Crippen molar-refractivity contribution in [3.8, 4) is 0 Å². The molecule has 6 nitrogen and oxygen atoms in total. The second-order valence-corrected chi connectivity index (χ2v) is 5.15. The zero-order valence-corrected chi connectivity index (χ0v) is 11.7. The fraction of sp³-hybridized carbons (Fsp3) is 0.643. The number of aliphatic hydroxyl groups is 1. The molecule has 0 bridgehead atoms. The summed E-state index contributed by atoms with van der Waals surface area (Å²) in [7, 11) is 0. The van der Waals surface area contributed by atoms with Crippen molar-refractivity contribution in [2.24, 2.45) is 0 Å². The summed E-state index contributed by atoms with van der Waals surface area (Å²) in [5, 5.41) is 9.58. The summed E-state index contributed by atoms with van der Waals surface area (Å²) in [6.07, 6.45) is -0.703. The Bertz CT molecular complexity index is 441. The van der Waals surface area contributed by atoms with Gasteiger partial charge in [-0.1, -0.05) is 6.07 Å². The summed E-state index contributed by atoms with van der Waals surface area (Å²) in [5.41, 5.74) is 0.831. The molecule has 0 aromatic carbocycles. The molecule has 1 aromatic heterocycles. The quantitative estimate of drug-likeness (QED) is 0.874. The van der Waals surface area contributed by atoms with Gasteiger partial charge in [-0.25, -0.2) is 4.98 Å². The fourth-order valence-electron chi connectivity index (χ4n) is 2.60. The van der Waals surface area contributed by atoms with E-state index in [1.165, 1.54) is 0 Å². The summed E-state index contributed by atoms with van der Waals surface area (Å²) in [6, 6.07) is 5.94. The minimum atomic E-state index is -0.378. The van der Waals surface area contributed by atoms with Gasteiger partial charge >= 0.3 is 0 Å². The van der Waals surface area contributed by atoms with Crippen LogP contribution in [-0.2, 0) is 9.47 Å². The number of rotatable bonds is 3. The van der Waals surface area contributed by atoms with Gasteiger partial charge in [0, 0.05) is 26.2 Å². The van der Waals surface area contributed by atoms with E-state index >= 15 is 0 Å². The van der Waals surface area contributed by atoms with Gasteiger partial charge in [-0.15, -0.1) is 0 Å². The molecule has 0 spiro atoms. The molecular weight excluding hydrogens is 258 g/mol. The van der Waals surface area contributed by atoms with Crippen LogP contribution >= 0.6 is 0 Å². The molecule has 2 aliphatic heterocycles. The van der Waals surface area contributed by atoms with E-state index in [1.54, 1.807) is 0 Å². The van der Waals surface area contributed by atoms with E-state index in [9.17, 15) is 5.11 Å². The first-order chi connectivity index (χ1) is 9.74. The standard InChI is InChI=1S/C14H21N3O3/c1-11(18)16-5-7-17(8-6-16)13-4-2-3-12(15-13)14-19-9-10-20-14/h2-4,11,14,18H,5-10H2,1H3. The van der Waals surface area contributed by atoms with Crippen LogP contribution in [0.4, 0.5) is 5.82 Å². The number of aromatic nitrogens is 1. The van der Waals surface area contributed by atoms with Crippen LogP contribution in [0.15, 0.2) is 18.2 Å². The minimum absolute atomic E-state index is 0.325. The average molecular weight is 279 g/mol. The second kappa shape index (κ2) is 6.05. The topological polar surface area (TPSA) is 58.1 Å². The molecule has 6 heteroatoms. The molecular formula is C14H21N3O3. The Morgan fingerprint density at radius 1 is 1.20 bits per heavy atom. The van der Waals surface area contributed by atoms with Crippen LogP contribution in [0.3, 0.4) is 0 Å². The van der Waals surface area contributed by atoms with Crippen molar-refractivity contribution in [3.05, 3.63) is 23.9 Å². The molecule has 1 aromatic rings. The third kappa shape index (κ3) is 2.93. The maximum atomic E-state index is 9.58. The normalized spacial score (nSPS) is 23.2. The lowest BCUT2D eigenvalue weighted by Crippen LogP contribution is -2.49. The van der Waals surface area contributed by atoms with Crippen molar-refractivity contribution in [1.82, 2.24) is 9.88 Å². The van der Waals surface area contributed by atoms with Crippen molar-refractivity contribution >= 4 is 5.82 Å². The van der Waals surface area contributed by atoms with E-state index in [4.69, 9.17) is 9.47 Å². The maximum Gasteiger partial charge on any atom is 0.201 e. The van der Waals surface area contributed by atoms with Crippen LogP contribution in [0, 0.1) is 0 Å². The summed E-state index contributed by atoms with van der Waals surface area (Å²) in [5.74, 6) is 0.951. The average Bonchev–Trinajstić information content (AvgIpc) is 3.02. The Hall–Kier alpha value is -1.21. The predicted molar refractivity (Wildman–Crippen MR) is 74.3 cm³/mol. The van der Waals surface area contributed by atoms with E-state index in [0.29, 0.717) is 13.2 Å². The van der Waals surface area contributed by atoms with E-state index in [2.05, 4.69) is 14.8 Å². The first kappa shape index (κ1) is 13.8. The lowest BCUT2D eigenvalue weighted by molar-refractivity contribution is -0.0472. The lowest BCUT2D eigenvalue weighted by atomic mass is 10.2. The zero-order chi connectivity index (χ0) is 13.9. The molecule has 110 valence electrons. The van der Waals surface area contributed by atoms with Crippen LogP contribution in [-0.4, -0.2) is 60.6 Å². The molecule has 2 saturated heterocycles. The molecule has 20 heavy (non-hydrogen) atoms. The van der Waals surface area contributed by atoms with Gasteiger partial charge in [-0.05, 0) is 19.1 Å². The van der Waals surface area contributed by atoms with Gasteiger partial charge in [0.05, 0.1) is 18.9 Å². The number of pyridine rings is 1. The number of nitrogens with zero attached hydrogens (tertiary/aromatic N) is 3. The number of hydrogen-bond donors (Lipinski definition) is 1.